The van der Waals surface area contributed by atoms with Crippen molar-refractivity contribution >= 4 is 5.82 Å². The zero-order valence-corrected chi connectivity index (χ0v) is 9.84. The normalized spacial score (nSPS) is 19.8. The predicted octanol–water partition coefficient (Wildman–Crippen LogP) is 0.551. The number of aromatic nitrogens is 1. The second-order valence-electron chi connectivity index (χ2n) is 4.30. The Balaban J connectivity index is 1.91. The van der Waals surface area contributed by atoms with Crippen molar-refractivity contribution < 1.29 is 0 Å². The molecular weight excluding hydrogens is 200 g/mol. The SMILES string of the molecule is CC(CN)N1CCN(c2ccccn2)CC1. The van der Waals surface area contributed by atoms with Gasteiger partial charge >= 0.3 is 0 Å². The average Bonchev–Trinajstić information content (AvgIpc) is 2.39. The molecule has 4 nitrogen and oxygen atoms in total. The molecule has 0 aliphatic carbocycles. The van der Waals surface area contributed by atoms with Crippen LogP contribution in [0.1, 0.15) is 6.92 Å². The molecule has 0 saturated carbocycles. The minimum atomic E-state index is 0.492. The Morgan fingerprint density at radius 2 is 2.06 bits per heavy atom. The van der Waals surface area contributed by atoms with Gasteiger partial charge in [0.1, 0.15) is 5.82 Å². The summed E-state index contributed by atoms with van der Waals surface area (Å²) in [6, 6.07) is 6.56. The molecule has 1 aliphatic heterocycles. The Kier molecular flexibility index (Phi) is 3.74. The van der Waals surface area contributed by atoms with Crippen molar-refractivity contribution in [1.29, 1.82) is 0 Å². The van der Waals surface area contributed by atoms with E-state index in [1.807, 2.05) is 18.3 Å². The Hall–Kier alpha value is -1.13. The van der Waals surface area contributed by atoms with Gasteiger partial charge in [-0.15, -0.1) is 0 Å². The summed E-state index contributed by atoms with van der Waals surface area (Å²) in [5.41, 5.74) is 5.68. The number of nitrogens with two attached hydrogens (primary N) is 1. The minimum Gasteiger partial charge on any atom is -0.354 e. The summed E-state index contributed by atoms with van der Waals surface area (Å²) in [4.78, 5) is 9.15. The summed E-state index contributed by atoms with van der Waals surface area (Å²) in [5, 5.41) is 0. The number of anilines is 1. The van der Waals surface area contributed by atoms with Crippen LogP contribution in [0.15, 0.2) is 24.4 Å². The molecule has 1 aromatic heterocycles. The van der Waals surface area contributed by atoms with Crippen LogP contribution in [-0.4, -0.2) is 48.6 Å². The largest absolute Gasteiger partial charge is 0.354 e. The molecule has 2 heterocycles. The van der Waals surface area contributed by atoms with Crippen LogP contribution < -0.4 is 10.6 Å². The van der Waals surface area contributed by atoms with Crippen LogP contribution in [0.5, 0.6) is 0 Å². The molecule has 0 aromatic carbocycles. The van der Waals surface area contributed by atoms with Crippen LogP contribution in [0.25, 0.3) is 0 Å². The molecule has 0 spiro atoms. The molecule has 1 aliphatic rings. The lowest BCUT2D eigenvalue weighted by molar-refractivity contribution is 0.201. The van der Waals surface area contributed by atoms with Gasteiger partial charge < -0.3 is 10.6 Å². The number of pyridine rings is 1. The van der Waals surface area contributed by atoms with E-state index in [-0.39, 0.29) is 0 Å². The molecule has 1 unspecified atom stereocenters. The summed E-state index contributed by atoms with van der Waals surface area (Å²) in [6.45, 7) is 7.17. The van der Waals surface area contributed by atoms with Crippen LogP contribution in [0, 0.1) is 0 Å². The van der Waals surface area contributed by atoms with Gasteiger partial charge in [-0.2, -0.15) is 0 Å². The van der Waals surface area contributed by atoms with E-state index in [0.717, 1.165) is 38.5 Å². The molecule has 1 aromatic rings. The third-order valence-corrected chi connectivity index (χ3v) is 3.25. The Morgan fingerprint density at radius 3 is 2.62 bits per heavy atom. The standard InChI is InChI=1S/C12H20N4/c1-11(10-13)15-6-8-16(9-7-15)12-4-2-3-5-14-12/h2-5,11H,6-10,13H2,1H3. The van der Waals surface area contributed by atoms with Crippen molar-refractivity contribution in [1.82, 2.24) is 9.88 Å². The summed E-state index contributed by atoms with van der Waals surface area (Å²) in [7, 11) is 0. The van der Waals surface area contributed by atoms with Gasteiger partial charge in [0, 0.05) is 45.0 Å². The molecular formula is C12H20N4. The van der Waals surface area contributed by atoms with Crippen molar-refractivity contribution in [3.8, 4) is 0 Å². The van der Waals surface area contributed by atoms with Crippen molar-refractivity contribution in [3.63, 3.8) is 0 Å². The Bertz CT molecular complexity index is 306. The molecule has 4 heteroatoms. The highest BCUT2D eigenvalue weighted by atomic mass is 15.3. The van der Waals surface area contributed by atoms with E-state index in [1.165, 1.54) is 0 Å². The molecule has 2 rings (SSSR count). The monoisotopic (exact) mass is 220 g/mol. The van der Waals surface area contributed by atoms with E-state index < -0.39 is 0 Å². The quantitative estimate of drug-likeness (QED) is 0.808. The van der Waals surface area contributed by atoms with E-state index in [0.29, 0.717) is 6.04 Å². The Morgan fingerprint density at radius 1 is 1.31 bits per heavy atom. The van der Waals surface area contributed by atoms with Gasteiger partial charge in [0.05, 0.1) is 0 Å². The maximum Gasteiger partial charge on any atom is 0.128 e. The minimum absolute atomic E-state index is 0.492. The summed E-state index contributed by atoms with van der Waals surface area (Å²) in [5.74, 6) is 1.09. The summed E-state index contributed by atoms with van der Waals surface area (Å²) >= 11 is 0. The molecule has 1 atom stereocenters. The third kappa shape index (κ3) is 2.51. The maximum absolute atomic E-state index is 5.68. The van der Waals surface area contributed by atoms with E-state index in [9.17, 15) is 0 Å². The van der Waals surface area contributed by atoms with Gasteiger partial charge in [-0.3, -0.25) is 4.90 Å². The third-order valence-electron chi connectivity index (χ3n) is 3.25. The smallest absolute Gasteiger partial charge is 0.128 e. The van der Waals surface area contributed by atoms with E-state index in [4.69, 9.17) is 5.73 Å². The molecule has 2 N–H and O–H groups in total. The zero-order valence-electron chi connectivity index (χ0n) is 9.84. The number of piperazine rings is 1. The van der Waals surface area contributed by atoms with Crippen LogP contribution >= 0.6 is 0 Å². The van der Waals surface area contributed by atoms with Crippen LogP contribution in [0.4, 0.5) is 5.82 Å². The number of hydrogen-bond acceptors (Lipinski definition) is 4. The highest BCUT2D eigenvalue weighted by Crippen LogP contribution is 2.13. The highest BCUT2D eigenvalue weighted by Gasteiger charge is 2.20. The highest BCUT2D eigenvalue weighted by molar-refractivity contribution is 5.38. The number of hydrogen-bond donors (Lipinski definition) is 1. The van der Waals surface area contributed by atoms with Crippen molar-refractivity contribution in [3.05, 3.63) is 24.4 Å². The fourth-order valence-corrected chi connectivity index (χ4v) is 2.08. The van der Waals surface area contributed by atoms with Crippen molar-refractivity contribution in [2.45, 2.75) is 13.0 Å². The van der Waals surface area contributed by atoms with Crippen LogP contribution in [0.2, 0.25) is 0 Å². The van der Waals surface area contributed by atoms with Gasteiger partial charge in [0.15, 0.2) is 0 Å². The van der Waals surface area contributed by atoms with Gasteiger partial charge in [-0.25, -0.2) is 4.98 Å². The first kappa shape index (κ1) is 11.4. The predicted molar refractivity (Wildman–Crippen MR) is 66.5 cm³/mol. The first-order valence-corrected chi connectivity index (χ1v) is 5.91. The molecule has 1 fully saturated rings. The second-order valence-corrected chi connectivity index (χ2v) is 4.30. The van der Waals surface area contributed by atoms with E-state index in [2.05, 4.69) is 27.8 Å². The molecule has 88 valence electrons. The molecule has 16 heavy (non-hydrogen) atoms. The van der Waals surface area contributed by atoms with Gasteiger partial charge in [0.2, 0.25) is 0 Å². The van der Waals surface area contributed by atoms with Crippen LogP contribution in [0.3, 0.4) is 0 Å². The fraction of sp³-hybridized carbons (Fsp3) is 0.583. The first-order valence-electron chi connectivity index (χ1n) is 5.91. The summed E-state index contributed by atoms with van der Waals surface area (Å²) in [6.07, 6.45) is 1.85. The molecule has 0 bridgehead atoms. The Labute approximate surface area is 97.1 Å². The fourth-order valence-electron chi connectivity index (χ4n) is 2.08. The lowest BCUT2D eigenvalue weighted by atomic mass is 10.2. The van der Waals surface area contributed by atoms with Gasteiger partial charge in [-0.05, 0) is 19.1 Å². The summed E-state index contributed by atoms with van der Waals surface area (Å²) < 4.78 is 0. The van der Waals surface area contributed by atoms with E-state index >= 15 is 0 Å². The first-order chi connectivity index (χ1) is 7.81. The van der Waals surface area contributed by atoms with Crippen LogP contribution in [-0.2, 0) is 0 Å². The van der Waals surface area contributed by atoms with E-state index in [1.54, 1.807) is 0 Å². The lowest BCUT2D eigenvalue weighted by Crippen LogP contribution is -2.51. The molecule has 0 radical (unpaired) electrons. The van der Waals surface area contributed by atoms with Gasteiger partial charge in [-0.1, -0.05) is 6.07 Å². The topological polar surface area (TPSA) is 45.4 Å². The second kappa shape index (κ2) is 5.27. The van der Waals surface area contributed by atoms with Gasteiger partial charge in [0.25, 0.3) is 0 Å². The zero-order chi connectivity index (χ0) is 11.4. The molecule has 1 saturated heterocycles. The molecule has 0 amide bonds. The number of nitrogens with zero attached hydrogens (tertiary/aromatic N) is 3. The van der Waals surface area contributed by atoms with Crippen molar-refractivity contribution in [2.24, 2.45) is 5.73 Å². The lowest BCUT2D eigenvalue weighted by Gasteiger charge is -2.38. The average molecular weight is 220 g/mol. The van der Waals surface area contributed by atoms with Crippen molar-refractivity contribution in [2.75, 3.05) is 37.6 Å². The maximum atomic E-state index is 5.68. The number of rotatable bonds is 3.